The van der Waals surface area contributed by atoms with E-state index in [-0.39, 0.29) is 12.5 Å². The lowest BCUT2D eigenvalue weighted by molar-refractivity contribution is -0.127. The number of rotatable bonds is 5. The van der Waals surface area contributed by atoms with Gasteiger partial charge in [0.25, 0.3) is 5.91 Å². The van der Waals surface area contributed by atoms with Crippen LogP contribution in [0.3, 0.4) is 0 Å². The first kappa shape index (κ1) is 16.9. The van der Waals surface area contributed by atoms with Crippen LogP contribution in [0.4, 0.5) is 0 Å². The summed E-state index contributed by atoms with van der Waals surface area (Å²) in [5, 5.41) is 3.33. The first-order chi connectivity index (χ1) is 12.0. The molecule has 5 rings (SSSR count). The lowest BCUT2D eigenvalue weighted by Crippen LogP contribution is -2.56. The largest absolute Gasteiger partial charge is 0.483 e. The van der Waals surface area contributed by atoms with E-state index < -0.39 is 0 Å². The second kappa shape index (κ2) is 6.66. The van der Waals surface area contributed by atoms with Gasteiger partial charge in [-0.2, -0.15) is 0 Å². The molecule has 3 heteroatoms. The lowest BCUT2D eigenvalue weighted by atomic mass is 9.54. The third kappa shape index (κ3) is 3.43. The molecule has 1 amide bonds. The predicted octanol–water partition coefficient (Wildman–Crippen LogP) is 4.44. The highest BCUT2D eigenvalue weighted by Crippen LogP contribution is 2.53. The molecular formula is C22H31NO2. The number of carbonyl (C=O) groups is 1. The molecular weight excluding hydrogens is 310 g/mol. The number of nitrogens with one attached hydrogen (secondary N) is 1. The summed E-state index contributed by atoms with van der Waals surface area (Å²) < 4.78 is 5.92. The van der Waals surface area contributed by atoms with Crippen LogP contribution in [-0.4, -0.2) is 18.6 Å². The molecule has 1 N–H and O–H groups in total. The summed E-state index contributed by atoms with van der Waals surface area (Å²) in [4.78, 5) is 12.5. The molecule has 3 nitrogen and oxygen atoms in total. The predicted molar refractivity (Wildman–Crippen MR) is 99.7 cm³/mol. The van der Waals surface area contributed by atoms with Crippen molar-refractivity contribution in [1.29, 1.82) is 0 Å². The normalized spacial score (nSPS) is 32.9. The van der Waals surface area contributed by atoms with E-state index in [1.165, 1.54) is 43.2 Å². The average molecular weight is 341 g/mol. The zero-order valence-electron chi connectivity index (χ0n) is 15.8. The molecule has 0 unspecified atom stereocenters. The number of carbonyl (C=O) groups excluding carboxylic acids is 1. The molecule has 0 radical (unpaired) electrons. The number of aryl methyl sites for hydroxylation is 1. The second-order valence-corrected chi connectivity index (χ2v) is 9.01. The van der Waals surface area contributed by atoms with Crippen molar-refractivity contribution in [2.24, 2.45) is 23.7 Å². The molecule has 0 aromatic heterocycles. The number of hydrogen-bond donors (Lipinski definition) is 1. The van der Waals surface area contributed by atoms with Crippen molar-refractivity contribution in [1.82, 2.24) is 5.32 Å². The summed E-state index contributed by atoms with van der Waals surface area (Å²) in [5.74, 6) is 4.60. The van der Waals surface area contributed by atoms with Crippen molar-refractivity contribution in [2.75, 3.05) is 6.61 Å². The Kier molecular flexibility index (Phi) is 4.51. The molecule has 4 aliphatic rings. The molecule has 0 saturated heterocycles. The Morgan fingerprint density at radius 3 is 2.36 bits per heavy atom. The van der Waals surface area contributed by atoms with Gasteiger partial charge in [0, 0.05) is 6.04 Å². The van der Waals surface area contributed by atoms with E-state index in [0.717, 1.165) is 17.6 Å². The van der Waals surface area contributed by atoms with Crippen molar-refractivity contribution in [3.05, 3.63) is 29.3 Å². The third-order valence-corrected chi connectivity index (χ3v) is 6.70. The Morgan fingerprint density at radius 1 is 1.12 bits per heavy atom. The van der Waals surface area contributed by atoms with Crippen LogP contribution in [0.2, 0.25) is 0 Å². The molecule has 0 heterocycles. The van der Waals surface area contributed by atoms with Gasteiger partial charge >= 0.3 is 0 Å². The van der Waals surface area contributed by atoms with Gasteiger partial charge in [-0.05, 0) is 85.8 Å². The van der Waals surface area contributed by atoms with Gasteiger partial charge in [0.15, 0.2) is 6.61 Å². The van der Waals surface area contributed by atoms with E-state index >= 15 is 0 Å². The summed E-state index contributed by atoms with van der Waals surface area (Å²) >= 11 is 0. The molecule has 0 spiro atoms. The fourth-order valence-corrected chi connectivity index (χ4v) is 5.78. The Bertz CT molecular complexity index is 623. The molecule has 4 aliphatic carbocycles. The highest BCUT2D eigenvalue weighted by atomic mass is 16.5. The average Bonchev–Trinajstić information content (AvgIpc) is 2.55. The second-order valence-electron chi connectivity index (χ2n) is 9.01. The van der Waals surface area contributed by atoms with Crippen LogP contribution in [0, 0.1) is 30.6 Å². The van der Waals surface area contributed by atoms with Crippen LogP contribution < -0.4 is 10.1 Å². The molecule has 1 aromatic rings. The zero-order valence-corrected chi connectivity index (χ0v) is 15.8. The van der Waals surface area contributed by atoms with Crippen molar-refractivity contribution in [2.45, 2.75) is 64.8 Å². The Labute approximate surface area is 151 Å². The summed E-state index contributed by atoms with van der Waals surface area (Å²) in [7, 11) is 0. The van der Waals surface area contributed by atoms with Gasteiger partial charge in [0.2, 0.25) is 0 Å². The highest BCUT2D eigenvalue weighted by Gasteiger charge is 2.48. The van der Waals surface area contributed by atoms with Crippen LogP contribution in [0.1, 0.15) is 63.0 Å². The van der Waals surface area contributed by atoms with Gasteiger partial charge in [-0.25, -0.2) is 0 Å². The van der Waals surface area contributed by atoms with Gasteiger partial charge in [-0.3, -0.25) is 4.79 Å². The molecule has 1 aromatic carbocycles. The summed E-state index contributed by atoms with van der Waals surface area (Å²) in [6.45, 7) is 6.51. The maximum absolute atomic E-state index is 12.5. The number of amides is 1. The van der Waals surface area contributed by atoms with E-state index in [1.54, 1.807) is 0 Å². The molecule has 4 saturated carbocycles. The maximum Gasteiger partial charge on any atom is 0.258 e. The Hall–Kier alpha value is -1.51. The number of ether oxygens (including phenoxy) is 1. The standard InChI is InChI=1S/C22H31NO2/c1-13(2)19-5-4-14(3)6-20(19)25-12-21(24)23-22-17-8-15-7-16(10-17)11-18(22)9-15/h4-6,13,15-18,22H,7-12H2,1-3H3,(H,23,24). The van der Waals surface area contributed by atoms with Crippen LogP contribution in [0.5, 0.6) is 5.75 Å². The Balaban J connectivity index is 1.36. The van der Waals surface area contributed by atoms with Crippen LogP contribution in [0.15, 0.2) is 18.2 Å². The minimum Gasteiger partial charge on any atom is -0.483 e. The van der Waals surface area contributed by atoms with E-state index in [4.69, 9.17) is 4.74 Å². The maximum atomic E-state index is 12.5. The summed E-state index contributed by atoms with van der Waals surface area (Å²) in [5.41, 5.74) is 2.34. The van der Waals surface area contributed by atoms with Crippen LogP contribution >= 0.6 is 0 Å². The quantitative estimate of drug-likeness (QED) is 0.860. The fourth-order valence-electron chi connectivity index (χ4n) is 5.78. The van der Waals surface area contributed by atoms with Crippen molar-refractivity contribution in [3.63, 3.8) is 0 Å². The molecule has 4 fully saturated rings. The monoisotopic (exact) mass is 341 g/mol. The smallest absolute Gasteiger partial charge is 0.258 e. The molecule has 4 bridgehead atoms. The first-order valence-corrected chi connectivity index (χ1v) is 10.0. The Morgan fingerprint density at radius 2 is 1.76 bits per heavy atom. The van der Waals surface area contributed by atoms with Crippen LogP contribution in [0.25, 0.3) is 0 Å². The first-order valence-electron chi connectivity index (χ1n) is 10.0. The number of hydrogen-bond acceptors (Lipinski definition) is 2. The van der Waals surface area contributed by atoms with Gasteiger partial charge in [0.1, 0.15) is 5.75 Å². The summed E-state index contributed by atoms with van der Waals surface area (Å²) in [6.07, 6.45) is 6.76. The topological polar surface area (TPSA) is 38.3 Å². The van der Waals surface area contributed by atoms with Crippen molar-refractivity contribution >= 4 is 5.91 Å². The van der Waals surface area contributed by atoms with Crippen LogP contribution in [-0.2, 0) is 4.79 Å². The van der Waals surface area contributed by atoms with Crippen molar-refractivity contribution < 1.29 is 9.53 Å². The van der Waals surface area contributed by atoms with Crippen molar-refractivity contribution in [3.8, 4) is 5.75 Å². The SMILES string of the molecule is Cc1ccc(C(C)C)c(OCC(=O)NC2C3CC4CC(C3)CC2C4)c1. The molecule has 25 heavy (non-hydrogen) atoms. The van der Waals surface area contributed by atoms with E-state index in [2.05, 4.69) is 38.2 Å². The third-order valence-electron chi connectivity index (χ3n) is 6.70. The lowest BCUT2D eigenvalue weighted by Gasteiger charge is -2.54. The van der Waals surface area contributed by atoms with Gasteiger partial charge < -0.3 is 10.1 Å². The number of benzene rings is 1. The van der Waals surface area contributed by atoms with Gasteiger partial charge in [-0.15, -0.1) is 0 Å². The van der Waals surface area contributed by atoms with E-state index in [0.29, 0.717) is 23.8 Å². The highest BCUT2D eigenvalue weighted by molar-refractivity contribution is 5.78. The van der Waals surface area contributed by atoms with Gasteiger partial charge in [0.05, 0.1) is 0 Å². The molecule has 0 atom stereocenters. The molecule has 0 aliphatic heterocycles. The molecule has 136 valence electrons. The minimum atomic E-state index is 0.0497. The van der Waals surface area contributed by atoms with E-state index in [9.17, 15) is 4.79 Å². The fraction of sp³-hybridized carbons (Fsp3) is 0.682. The van der Waals surface area contributed by atoms with E-state index in [1.807, 2.05) is 6.07 Å². The zero-order chi connectivity index (χ0) is 17.6. The minimum absolute atomic E-state index is 0.0497. The summed E-state index contributed by atoms with van der Waals surface area (Å²) in [6, 6.07) is 6.67. The van der Waals surface area contributed by atoms with Gasteiger partial charge in [-0.1, -0.05) is 26.0 Å².